The second-order valence-corrected chi connectivity index (χ2v) is 5.08. The zero-order valence-corrected chi connectivity index (χ0v) is 12.0. The van der Waals surface area contributed by atoms with Gasteiger partial charge in [0, 0.05) is 17.3 Å². The quantitative estimate of drug-likeness (QED) is 0.906. The van der Waals surface area contributed by atoms with E-state index >= 15 is 0 Å². The maximum Gasteiger partial charge on any atom is 0.161 e. The Morgan fingerprint density at radius 3 is 2.67 bits per heavy atom. The van der Waals surface area contributed by atoms with Gasteiger partial charge >= 0.3 is 0 Å². The highest BCUT2D eigenvalue weighted by atomic mass is 16.6. The molecule has 0 aliphatic carbocycles. The average molecular weight is 285 g/mol. The Morgan fingerprint density at radius 2 is 1.86 bits per heavy atom. The summed E-state index contributed by atoms with van der Waals surface area (Å²) in [5.41, 5.74) is 2.95. The number of aliphatic hydroxyl groups is 1. The third-order valence-electron chi connectivity index (χ3n) is 3.63. The highest BCUT2D eigenvalue weighted by Gasteiger charge is 2.15. The fraction of sp³-hybridized carbons (Fsp3) is 0.294. The van der Waals surface area contributed by atoms with Crippen LogP contribution in [0.2, 0.25) is 0 Å². The Balaban J connectivity index is 1.80. The van der Waals surface area contributed by atoms with Crippen molar-refractivity contribution in [3.8, 4) is 11.5 Å². The van der Waals surface area contributed by atoms with E-state index in [1.165, 1.54) is 0 Å². The zero-order valence-electron chi connectivity index (χ0n) is 12.0. The molecule has 0 saturated heterocycles. The van der Waals surface area contributed by atoms with E-state index < -0.39 is 0 Å². The number of hydrogen-bond acceptors (Lipinski definition) is 4. The fourth-order valence-corrected chi connectivity index (χ4v) is 2.44. The molecule has 1 aliphatic rings. The Kier molecular flexibility index (Phi) is 3.97. The second-order valence-electron chi connectivity index (χ2n) is 5.08. The molecule has 0 spiro atoms. The molecular weight excluding hydrogens is 266 g/mol. The molecule has 2 aromatic rings. The zero-order chi connectivity index (χ0) is 14.7. The van der Waals surface area contributed by atoms with Gasteiger partial charge in [-0.05, 0) is 30.7 Å². The number of anilines is 1. The van der Waals surface area contributed by atoms with Gasteiger partial charge in [0.2, 0.25) is 0 Å². The van der Waals surface area contributed by atoms with Crippen LogP contribution >= 0.6 is 0 Å². The van der Waals surface area contributed by atoms with Gasteiger partial charge in [-0.25, -0.2) is 0 Å². The molecule has 4 nitrogen and oxygen atoms in total. The molecule has 0 amide bonds. The van der Waals surface area contributed by atoms with Crippen LogP contribution in [0.4, 0.5) is 5.69 Å². The Bertz CT molecular complexity index is 627. The van der Waals surface area contributed by atoms with Crippen LogP contribution in [0.15, 0.2) is 42.5 Å². The number of ether oxygens (including phenoxy) is 2. The molecule has 110 valence electrons. The number of fused-ring (bicyclic) bond motifs is 1. The van der Waals surface area contributed by atoms with E-state index in [2.05, 4.69) is 12.2 Å². The van der Waals surface area contributed by atoms with E-state index in [-0.39, 0.29) is 12.6 Å². The van der Waals surface area contributed by atoms with Gasteiger partial charge in [0.05, 0.1) is 6.61 Å². The number of hydrogen-bond donors (Lipinski definition) is 2. The van der Waals surface area contributed by atoms with Crippen LogP contribution < -0.4 is 14.8 Å². The molecule has 2 N–H and O–H groups in total. The molecule has 1 aliphatic heterocycles. The maximum atomic E-state index is 9.38. The summed E-state index contributed by atoms with van der Waals surface area (Å²) in [6.45, 7) is 3.30. The van der Waals surface area contributed by atoms with Gasteiger partial charge in [-0.2, -0.15) is 0 Å². The van der Waals surface area contributed by atoms with Crippen molar-refractivity contribution in [2.24, 2.45) is 0 Å². The standard InChI is InChI=1S/C17H19NO3/c1-12(18-15-5-3-2-4-14(15)11-19)13-6-7-16-17(10-13)21-9-8-20-16/h2-7,10,12,18-19H,8-9,11H2,1H3. The van der Waals surface area contributed by atoms with Gasteiger partial charge in [0.25, 0.3) is 0 Å². The number of para-hydroxylation sites is 1. The Morgan fingerprint density at radius 1 is 1.10 bits per heavy atom. The Hall–Kier alpha value is -2.20. The lowest BCUT2D eigenvalue weighted by molar-refractivity contribution is 0.171. The average Bonchev–Trinajstić information content (AvgIpc) is 2.55. The molecule has 0 bridgehead atoms. The molecule has 2 aromatic carbocycles. The third kappa shape index (κ3) is 2.95. The lowest BCUT2D eigenvalue weighted by Gasteiger charge is -2.22. The first-order valence-corrected chi connectivity index (χ1v) is 7.13. The first-order valence-electron chi connectivity index (χ1n) is 7.13. The largest absolute Gasteiger partial charge is 0.486 e. The number of rotatable bonds is 4. The van der Waals surface area contributed by atoms with Gasteiger partial charge in [0.1, 0.15) is 13.2 Å². The molecule has 0 saturated carbocycles. The number of benzene rings is 2. The van der Waals surface area contributed by atoms with Crippen molar-refractivity contribution in [2.75, 3.05) is 18.5 Å². The first kappa shape index (κ1) is 13.8. The van der Waals surface area contributed by atoms with Crippen LogP contribution in [-0.4, -0.2) is 18.3 Å². The van der Waals surface area contributed by atoms with E-state index in [9.17, 15) is 5.11 Å². The minimum atomic E-state index is 0.0248. The van der Waals surface area contributed by atoms with Crippen LogP contribution in [0.25, 0.3) is 0 Å². The van der Waals surface area contributed by atoms with Gasteiger partial charge in [-0.1, -0.05) is 24.3 Å². The summed E-state index contributed by atoms with van der Waals surface area (Å²) in [7, 11) is 0. The van der Waals surface area contributed by atoms with E-state index in [1.807, 2.05) is 42.5 Å². The topological polar surface area (TPSA) is 50.7 Å². The van der Waals surface area contributed by atoms with E-state index in [0.29, 0.717) is 13.2 Å². The van der Waals surface area contributed by atoms with Gasteiger partial charge in [-0.15, -0.1) is 0 Å². The molecule has 0 aromatic heterocycles. The SMILES string of the molecule is CC(Nc1ccccc1CO)c1ccc2c(c1)OCCO2. The summed E-state index contributed by atoms with van der Waals surface area (Å²) in [6, 6.07) is 13.9. The van der Waals surface area contributed by atoms with Crippen molar-refractivity contribution in [1.82, 2.24) is 0 Å². The summed E-state index contributed by atoms with van der Waals surface area (Å²) < 4.78 is 11.2. The van der Waals surface area contributed by atoms with Crippen molar-refractivity contribution in [3.05, 3.63) is 53.6 Å². The van der Waals surface area contributed by atoms with Crippen LogP contribution in [0, 0.1) is 0 Å². The number of aliphatic hydroxyl groups excluding tert-OH is 1. The van der Waals surface area contributed by atoms with Gasteiger partial charge < -0.3 is 19.9 Å². The normalized spacial score (nSPS) is 14.6. The van der Waals surface area contributed by atoms with E-state index in [0.717, 1.165) is 28.3 Å². The van der Waals surface area contributed by atoms with Crippen LogP contribution in [0.3, 0.4) is 0 Å². The molecule has 3 rings (SSSR count). The summed E-state index contributed by atoms with van der Waals surface area (Å²) in [6.07, 6.45) is 0. The lowest BCUT2D eigenvalue weighted by Crippen LogP contribution is -2.16. The molecular formula is C17H19NO3. The van der Waals surface area contributed by atoms with E-state index in [4.69, 9.17) is 9.47 Å². The monoisotopic (exact) mass is 285 g/mol. The predicted molar refractivity (Wildman–Crippen MR) is 81.8 cm³/mol. The second kappa shape index (κ2) is 6.06. The van der Waals surface area contributed by atoms with E-state index in [1.54, 1.807) is 0 Å². The smallest absolute Gasteiger partial charge is 0.161 e. The molecule has 4 heteroatoms. The molecule has 0 radical (unpaired) electrons. The summed E-state index contributed by atoms with van der Waals surface area (Å²) >= 11 is 0. The van der Waals surface area contributed by atoms with Gasteiger partial charge in [0.15, 0.2) is 11.5 Å². The minimum absolute atomic E-state index is 0.0248. The molecule has 1 unspecified atom stereocenters. The van der Waals surface area contributed by atoms with Crippen molar-refractivity contribution in [3.63, 3.8) is 0 Å². The molecule has 1 heterocycles. The van der Waals surface area contributed by atoms with Crippen molar-refractivity contribution < 1.29 is 14.6 Å². The minimum Gasteiger partial charge on any atom is -0.486 e. The van der Waals surface area contributed by atoms with Crippen LogP contribution in [-0.2, 0) is 6.61 Å². The highest BCUT2D eigenvalue weighted by Crippen LogP contribution is 2.33. The highest BCUT2D eigenvalue weighted by molar-refractivity contribution is 5.53. The summed E-state index contributed by atoms with van der Waals surface area (Å²) in [5, 5.41) is 12.8. The molecule has 1 atom stereocenters. The van der Waals surface area contributed by atoms with Crippen LogP contribution in [0.1, 0.15) is 24.1 Å². The fourth-order valence-electron chi connectivity index (χ4n) is 2.44. The van der Waals surface area contributed by atoms with Crippen molar-refractivity contribution in [2.45, 2.75) is 19.6 Å². The first-order chi connectivity index (χ1) is 10.3. The lowest BCUT2D eigenvalue weighted by atomic mass is 10.1. The Labute approximate surface area is 124 Å². The summed E-state index contributed by atoms with van der Waals surface area (Å²) in [4.78, 5) is 0. The van der Waals surface area contributed by atoms with Crippen molar-refractivity contribution in [1.29, 1.82) is 0 Å². The van der Waals surface area contributed by atoms with Gasteiger partial charge in [-0.3, -0.25) is 0 Å². The van der Waals surface area contributed by atoms with Crippen molar-refractivity contribution >= 4 is 5.69 Å². The van der Waals surface area contributed by atoms with Crippen LogP contribution in [0.5, 0.6) is 11.5 Å². The third-order valence-corrected chi connectivity index (χ3v) is 3.63. The molecule has 21 heavy (non-hydrogen) atoms. The molecule has 0 fully saturated rings. The predicted octanol–water partition coefficient (Wildman–Crippen LogP) is 3.12. The maximum absolute atomic E-state index is 9.38. The summed E-state index contributed by atoms with van der Waals surface area (Å²) in [5.74, 6) is 1.59. The number of nitrogens with one attached hydrogen (secondary N) is 1.